The minimum Gasteiger partial charge on any atom is -0.391 e. The number of nitrogens with one attached hydrogen (secondary N) is 1. The number of aromatic nitrogens is 2. The van der Waals surface area contributed by atoms with Crippen LogP contribution >= 0.6 is 0 Å². The largest absolute Gasteiger partial charge is 0.391 e. The lowest BCUT2D eigenvalue weighted by Crippen LogP contribution is -2.40. The number of carbonyl (C=O) groups excluding carboxylic acids is 1. The number of nitrogens with zero attached hydrogens (tertiary/aromatic N) is 3. The molecule has 4 rings (SSSR count). The standard InChI is InChI=1S/C25H27F3N4O4/c1-4-19(12(2)3)29-25(36)16-11-32(22-17(27)7-13(26)8-18(22)28)24-15(23(16)35)5-6-20(30-24)31-10-14(33)9-21(31)34/h5-8,11-12,14,19,21,33-34H,4,9-10H2,1-3H3,(H,29,36)/t14-,19?,21?/m0/s1. The number of aliphatic hydroxyl groups is 2. The van der Waals surface area contributed by atoms with Gasteiger partial charge in [-0.05, 0) is 24.5 Å². The van der Waals surface area contributed by atoms with Gasteiger partial charge in [0, 0.05) is 37.3 Å². The van der Waals surface area contributed by atoms with Crippen LogP contribution in [0.1, 0.15) is 44.0 Å². The Morgan fingerprint density at radius 2 is 1.86 bits per heavy atom. The predicted octanol–water partition coefficient (Wildman–Crippen LogP) is 2.86. The fourth-order valence-corrected chi connectivity index (χ4v) is 4.48. The summed E-state index contributed by atoms with van der Waals surface area (Å²) in [7, 11) is 0. The van der Waals surface area contributed by atoms with E-state index in [9.17, 15) is 33.0 Å². The van der Waals surface area contributed by atoms with Crippen LogP contribution in [0.4, 0.5) is 19.0 Å². The van der Waals surface area contributed by atoms with E-state index in [4.69, 9.17) is 0 Å². The molecular weight excluding hydrogens is 477 g/mol. The summed E-state index contributed by atoms with van der Waals surface area (Å²) in [6.07, 6.45) is -0.220. The van der Waals surface area contributed by atoms with E-state index in [1.807, 2.05) is 20.8 Å². The zero-order chi connectivity index (χ0) is 26.3. The number of anilines is 1. The highest BCUT2D eigenvalue weighted by molar-refractivity contribution is 5.97. The average molecular weight is 505 g/mol. The van der Waals surface area contributed by atoms with E-state index in [2.05, 4.69) is 10.3 Å². The van der Waals surface area contributed by atoms with E-state index in [-0.39, 0.29) is 47.3 Å². The van der Waals surface area contributed by atoms with Crippen molar-refractivity contribution in [2.45, 2.75) is 52.0 Å². The number of benzene rings is 1. The Hall–Kier alpha value is -3.44. The molecule has 8 nitrogen and oxygen atoms in total. The van der Waals surface area contributed by atoms with Crippen molar-refractivity contribution in [2.24, 2.45) is 5.92 Å². The van der Waals surface area contributed by atoms with E-state index >= 15 is 0 Å². The third-order valence-electron chi connectivity index (χ3n) is 6.41. The van der Waals surface area contributed by atoms with Gasteiger partial charge in [-0.2, -0.15) is 0 Å². The second-order valence-corrected chi connectivity index (χ2v) is 9.26. The highest BCUT2D eigenvalue weighted by atomic mass is 19.1. The molecule has 1 amide bonds. The Kier molecular flexibility index (Phi) is 7.05. The number of aliphatic hydroxyl groups excluding tert-OH is 2. The molecule has 1 aliphatic heterocycles. The summed E-state index contributed by atoms with van der Waals surface area (Å²) < 4.78 is 44.2. The van der Waals surface area contributed by atoms with Crippen molar-refractivity contribution in [1.29, 1.82) is 0 Å². The summed E-state index contributed by atoms with van der Waals surface area (Å²) in [6.45, 7) is 5.75. The number of carbonyl (C=O) groups is 1. The maximum Gasteiger partial charge on any atom is 0.257 e. The molecule has 0 aliphatic carbocycles. The summed E-state index contributed by atoms with van der Waals surface area (Å²) in [6, 6.07) is 3.47. The Balaban J connectivity index is 1.96. The fourth-order valence-electron chi connectivity index (χ4n) is 4.48. The average Bonchev–Trinajstić information content (AvgIpc) is 3.15. The van der Waals surface area contributed by atoms with Gasteiger partial charge >= 0.3 is 0 Å². The van der Waals surface area contributed by atoms with Gasteiger partial charge in [-0.25, -0.2) is 18.2 Å². The first-order chi connectivity index (χ1) is 17.0. The maximum atomic E-state index is 14.9. The van der Waals surface area contributed by atoms with Gasteiger partial charge in [0.2, 0.25) is 5.43 Å². The molecule has 36 heavy (non-hydrogen) atoms. The molecule has 11 heteroatoms. The summed E-state index contributed by atoms with van der Waals surface area (Å²) >= 11 is 0. The number of β-amino-alcohol motifs (C(OH)–C–C–N with tert-alkyl or cyclic N) is 1. The van der Waals surface area contributed by atoms with Crippen molar-refractivity contribution in [3.63, 3.8) is 0 Å². The lowest BCUT2D eigenvalue weighted by atomic mass is 10.0. The molecule has 3 N–H and O–H groups in total. The lowest BCUT2D eigenvalue weighted by Gasteiger charge is -2.23. The van der Waals surface area contributed by atoms with Gasteiger partial charge in [0.05, 0.1) is 11.5 Å². The molecule has 1 fully saturated rings. The molecular formula is C25H27F3N4O4. The van der Waals surface area contributed by atoms with Gasteiger partial charge in [0.1, 0.15) is 29.1 Å². The number of hydrogen-bond acceptors (Lipinski definition) is 6. The number of amides is 1. The summed E-state index contributed by atoms with van der Waals surface area (Å²) in [5, 5.41) is 22.8. The second kappa shape index (κ2) is 9.90. The summed E-state index contributed by atoms with van der Waals surface area (Å²) in [5.41, 5.74) is -2.00. The minimum atomic E-state index is -1.26. The maximum absolute atomic E-state index is 14.9. The van der Waals surface area contributed by atoms with Crippen molar-refractivity contribution in [3.05, 3.63) is 63.7 Å². The second-order valence-electron chi connectivity index (χ2n) is 9.26. The molecule has 0 bridgehead atoms. The molecule has 0 radical (unpaired) electrons. The molecule has 0 saturated carbocycles. The zero-order valence-corrected chi connectivity index (χ0v) is 20.0. The van der Waals surface area contributed by atoms with Crippen LogP contribution in [-0.2, 0) is 0 Å². The molecule has 3 heterocycles. The molecule has 2 unspecified atom stereocenters. The zero-order valence-electron chi connectivity index (χ0n) is 20.0. The van der Waals surface area contributed by atoms with Crippen LogP contribution in [0.25, 0.3) is 16.7 Å². The van der Waals surface area contributed by atoms with Crippen molar-refractivity contribution < 1.29 is 28.2 Å². The molecule has 3 atom stereocenters. The highest BCUT2D eigenvalue weighted by Gasteiger charge is 2.31. The van der Waals surface area contributed by atoms with E-state index in [1.165, 1.54) is 17.0 Å². The fraction of sp³-hybridized carbons (Fsp3) is 0.400. The van der Waals surface area contributed by atoms with Gasteiger partial charge in [0.15, 0.2) is 17.3 Å². The van der Waals surface area contributed by atoms with Crippen LogP contribution in [0.15, 0.2) is 35.3 Å². The number of rotatable bonds is 6. The molecule has 1 aromatic carbocycles. The third kappa shape index (κ3) is 4.68. The first-order valence-electron chi connectivity index (χ1n) is 11.7. The molecule has 1 aliphatic rings. The van der Waals surface area contributed by atoms with E-state index in [0.717, 1.165) is 10.8 Å². The van der Waals surface area contributed by atoms with Crippen molar-refractivity contribution >= 4 is 22.8 Å². The van der Waals surface area contributed by atoms with E-state index < -0.39 is 46.8 Å². The number of hydrogen-bond donors (Lipinski definition) is 3. The Morgan fingerprint density at radius 3 is 2.42 bits per heavy atom. The molecule has 2 aromatic heterocycles. The molecule has 192 valence electrons. The van der Waals surface area contributed by atoms with Crippen molar-refractivity contribution in [1.82, 2.24) is 14.9 Å². The van der Waals surface area contributed by atoms with Crippen LogP contribution in [0.5, 0.6) is 0 Å². The highest BCUT2D eigenvalue weighted by Crippen LogP contribution is 2.27. The smallest absolute Gasteiger partial charge is 0.257 e. The number of fused-ring (bicyclic) bond motifs is 1. The summed E-state index contributed by atoms with van der Waals surface area (Å²) in [5.74, 6) is -4.17. The van der Waals surface area contributed by atoms with Crippen LogP contribution < -0.4 is 15.6 Å². The quantitative estimate of drug-likeness (QED) is 0.477. The first-order valence-corrected chi connectivity index (χ1v) is 11.7. The van der Waals surface area contributed by atoms with Crippen molar-refractivity contribution in [2.75, 3.05) is 11.4 Å². The molecule has 3 aromatic rings. The van der Waals surface area contributed by atoms with Crippen molar-refractivity contribution in [3.8, 4) is 5.69 Å². The Morgan fingerprint density at radius 1 is 1.19 bits per heavy atom. The Bertz CT molecular complexity index is 1350. The van der Waals surface area contributed by atoms with Crippen LogP contribution in [0.3, 0.4) is 0 Å². The summed E-state index contributed by atoms with van der Waals surface area (Å²) in [4.78, 5) is 32.1. The molecule has 0 spiro atoms. The van der Waals surface area contributed by atoms with Gasteiger partial charge < -0.3 is 20.4 Å². The lowest BCUT2D eigenvalue weighted by molar-refractivity contribution is 0.0923. The molecule has 1 saturated heterocycles. The normalized spacial score (nSPS) is 18.8. The van der Waals surface area contributed by atoms with Crippen LogP contribution in [0.2, 0.25) is 0 Å². The predicted molar refractivity (Wildman–Crippen MR) is 128 cm³/mol. The van der Waals surface area contributed by atoms with Gasteiger partial charge in [-0.1, -0.05) is 20.8 Å². The van der Waals surface area contributed by atoms with Gasteiger partial charge in [-0.3, -0.25) is 14.2 Å². The monoisotopic (exact) mass is 504 g/mol. The van der Waals surface area contributed by atoms with Gasteiger partial charge in [-0.15, -0.1) is 0 Å². The number of pyridine rings is 2. The first kappa shape index (κ1) is 25.6. The van der Waals surface area contributed by atoms with E-state index in [1.54, 1.807) is 0 Å². The topological polar surface area (TPSA) is 108 Å². The Labute approximate surface area is 205 Å². The third-order valence-corrected chi connectivity index (χ3v) is 6.41. The van der Waals surface area contributed by atoms with Crippen LogP contribution in [0, 0.1) is 23.4 Å². The SMILES string of the molecule is CCC(NC(=O)c1cn(-c2c(F)cc(F)cc2F)c2nc(N3C[C@@H](O)CC3O)ccc2c1=O)C(C)C. The minimum absolute atomic E-state index is 0.0529. The van der Waals surface area contributed by atoms with Gasteiger partial charge in [0.25, 0.3) is 5.91 Å². The van der Waals surface area contributed by atoms with E-state index in [0.29, 0.717) is 18.6 Å². The number of halogens is 3. The van der Waals surface area contributed by atoms with Crippen LogP contribution in [-0.4, -0.2) is 50.6 Å².